The minimum Gasteiger partial charge on any atom is -0.465 e. The zero-order valence-electron chi connectivity index (χ0n) is 17.4. The van der Waals surface area contributed by atoms with Crippen molar-refractivity contribution in [1.29, 1.82) is 0 Å². The smallest absolute Gasteiger partial charge is 0.341 e. The van der Waals surface area contributed by atoms with Crippen molar-refractivity contribution >= 4 is 34.3 Å². The molecule has 29 heavy (non-hydrogen) atoms. The third-order valence-electron chi connectivity index (χ3n) is 5.33. The topological polar surface area (TPSA) is 55.4 Å². The lowest BCUT2D eigenvalue weighted by atomic mass is 9.96. The number of hydrogen-bond donors (Lipinski definition) is 1. The molecule has 1 aliphatic rings. The molecule has 1 N–H and O–H groups in total. The maximum atomic E-state index is 12.5. The van der Waals surface area contributed by atoms with Gasteiger partial charge in [-0.3, -0.25) is 4.79 Å². The van der Waals surface area contributed by atoms with Gasteiger partial charge in [0.1, 0.15) is 5.00 Å². The van der Waals surface area contributed by atoms with Crippen molar-refractivity contribution in [3.05, 3.63) is 57.5 Å². The predicted octanol–water partition coefficient (Wildman–Crippen LogP) is 5.97. The number of thiophene rings is 1. The van der Waals surface area contributed by atoms with Gasteiger partial charge in [-0.2, -0.15) is 0 Å². The first-order valence-corrected chi connectivity index (χ1v) is 11.1. The first kappa shape index (κ1) is 21.3. The molecule has 0 unspecified atom stereocenters. The number of nitrogens with one attached hydrogen (secondary N) is 1. The Hall–Kier alpha value is -2.40. The molecule has 1 heterocycles. The number of methoxy groups -OCH3 is 1. The Morgan fingerprint density at radius 1 is 1.07 bits per heavy atom. The molecule has 0 fully saturated rings. The number of amides is 1. The first-order chi connectivity index (χ1) is 14.0. The van der Waals surface area contributed by atoms with E-state index in [0.717, 1.165) is 36.8 Å². The van der Waals surface area contributed by atoms with Crippen LogP contribution in [-0.2, 0) is 22.4 Å². The Labute approximate surface area is 177 Å². The van der Waals surface area contributed by atoms with E-state index < -0.39 is 0 Å². The summed E-state index contributed by atoms with van der Waals surface area (Å²) in [5, 5.41) is 3.52. The van der Waals surface area contributed by atoms with Gasteiger partial charge in [0.05, 0.1) is 12.7 Å². The number of rotatable bonds is 5. The summed E-state index contributed by atoms with van der Waals surface area (Å²) in [5.41, 5.74) is 3.84. The molecule has 0 aliphatic heterocycles. The van der Waals surface area contributed by atoms with Crippen molar-refractivity contribution in [3.8, 4) is 0 Å². The summed E-state index contributed by atoms with van der Waals surface area (Å²) in [7, 11) is 1.39. The summed E-state index contributed by atoms with van der Waals surface area (Å²) in [6.07, 6.45) is 9.70. The van der Waals surface area contributed by atoms with Crippen molar-refractivity contribution in [2.45, 2.75) is 58.3 Å². The van der Waals surface area contributed by atoms with Crippen molar-refractivity contribution in [2.75, 3.05) is 12.4 Å². The monoisotopic (exact) mass is 411 g/mol. The molecule has 4 nitrogen and oxygen atoms in total. The third-order valence-corrected chi connectivity index (χ3v) is 6.54. The van der Waals surface area contributed by atoms with Crippen LogP contribution in [0.4, 0.5) is 5.00 Å². The SMILES string of the molecule is COC(=O)c1c(NC(=O)/C=C/c2ccc(C(C)C)cc2)sc2c1CCCCCC2. The third kappa shape index (κ3) is 5.36. The normalized spacial score (nSPS) is 14.3. The summed E-state index contributed by atoms with van der Waals surface area (Å²) in [6.45, 7) is 4.31. The molecule has 0 bridgehead atoms. The number of benzene rings is 1. The Kier molecular flexibility index (Phi) is 7.26. The molecule has 1 amide bonds. The fourth-order valence-corrected chi connectivity index (χ4v) is 4.92. The Bertz CT molecular complexity index is 894. The van der Waals surface area contributed by atoms with E-state index in [1.165, 1.54) is 47.8 Å². The van der Waals surface area contributed by atoms with E-state index in [4.69, 9.17) is 4.74 Å². The highest BCUT2D eigenvalue weighted by molar-refractivity contribution is 7.17. The van der Waals surface area contributed by atoms with E-state index in [0.29, 0.717) is 16.5 Å². The molecule has 0 atom stereocenters. The molecule has 5 heteroatoms. The summed E-state index contributed by atoms with van der Waals surface area (Å²) in [6, 6.07) is 8.18. The van der Waals surface area contributed by atoms with Gasteiger partial charge in [0.25, 0.3) is 0 Å². The molecular formula is C24H29NO3S. The minimum absolute atomic E-state index is 0.239. The van der Waals surface area contributed by atoms with E-state index in [1.54, 1.807) is 6.08 Å². The standard InChI is InChI=1S/C24H29NO3S/c1-16(2)18-13-10-17(11-14-18)12-15-21(26)25-23-22(24(27)28-3)19-8-6-4-5-7-9-20(19)29-23/h10-16H,4-9H2,1-3H3,(H,25,26)/b15-12+. The molecule has 154 valence electrons. The van der Waals surface area contributed by atoms with Crippen LogP contribution < -0.4 is 5.32 Å². The molecule has 0 radical (unpaired) electrons. The largest absolute Gasteiger partial charge is 0.465 e. The van der Waals surface area contributed by atoms with E-state index in [1.807, 2.05) is 12.1 Å². The van der Waals surface area contributed by atoms with Gasteiger partial charge in [-0.15, -0.1) is 11.3 Å². The molecule has 1 aromatic carbocycles. The van der Waals surface area contributed by atoms with Crippen LogP contribution in [0.15, 0.2) is 30.3 Å². The number of carbonyl (C=O) groups is 2. The van der Waals surface area contributed by atoms with Crippen molar-refractivity contribution in [2.24, 2.45) is 0 Å². The molecular weight excluding hydrogens is 382 g/mol. The average molecular weight is 412 g/mol. The number of hydrogen-bond acceptors (Lipinski definition) is 4. The molecule has 0 spiro atoms. The Balaban J connectivity index is 1.78. The van der Waals surface area contributed by atoms with Gasteiger partial charge in [-0.05, 0) is 54.4 Å². The summed E-state index contributed by atoms with van der Waals surface area (Å²) < 4.78 is 5.01. The quantitative estimate of drug-likeness (QED) is 0.487. The van der Waals surface area contributed by atoms with Crippen LogP contribution in [-0.4, -0.2) is 19.0 Å². The van der Waals surface area contributed by atoms with Crippen molar-refractivity contribution < 1.29 is 14.3 Å². The number of aryl methyl sites for hydroxylation is 1. The highest BCUT2D eigenvalue weighted by atomic mass is 32.1. The van der Waals surface area contributed by atoms with E-state index >= 15 is 0 Å². The van der Waals surface area contributed by atoms with Gasteiger partial charge in [-0.1, -0.05) is 51.0 Å². The van der Waals surface area contributed by atoms with Gasteiger partial charge < -0.3 is 10.1 Å². The highest BCUT2D eigenvalue weighted by Gasteiger charge is 2.25. The van der Waals surface area contributed by atoms with E-state index in [2.05, 4.69) is 31.3 Å². The second-order valence-electron chi connectivity index (χ2n) is 7.76. The number of fused-ring (bicyclic) bond motifs is 1. The van der Waals surface area contributed by atoms with Gasteiger partial charge >= 0.3 is 5.97 Å². The second kappa shape index (κ2) is 9.88. The number of carbonyl (C=O) groups excluding carboxylic acids is 2. The van der Waals surface area contributed by atoms with Crippen LogP contribution in [0.1, 0.15) is 77.4 Å². The van der Waals surface area contributed by atoms with Gasteiger partial charge in [0, 0.05) is 11.0 Å². The fourth-order valence-electron chi connectivity index (χ4n) is 3.64. The highest BCUT2D eigenvalue weighted by Crippen LogP contribution is 2.37. The number of anilines is 1. The van der Waals surface area contributed by atoms with E-state index in [-0.39, 0.29) is 11.9 Å². The summed E-state index contributed by atoms with van der Waals surface area (Å²) in [4.78, 5) is 26.2. The van der Waals surface area contributed by atoms with Crippen LogP contribution in [0.2, 0.25) is 0 Å². The molecule has 1 aliphatic carbocycles. The van der Waals surface area contributed by atoms with Gasteiger partial charge in [-0.25, -0.2) is 4.79 Å². The lowest BCUT2D eigenvalue weighted by molar-refractivity contribution is -0.111. The lowest BCUT2D eigenvalue weighted by Crippen LogP contribution is -2.12. The summed E-state index contributed by atoms with van der Waals surface area (Å²) >= 11 is 1.52. The lowest BCUT2D eigenvalue weighted by Gasteiger charge is -2.10. The number of ether oxygens (including phenoxy) is 1. The first-order valence-electron chi connectivity index (χ1n) is 10.3. The summed E-state index contributed by atoms with van der Waals surface area (Å²) in [5.74, 6) is -0.129. The van der Waals surface area contributed by atoms with Crippen LogP contribution in [0.5, 0.6) is 0 Å². The Morgan fingerprint density at radius 3 is 2.41 bits per heavy atom. The van der Waals surface area contributed by atoms with Gasteiger partial charge in [0.15, 0.2) is 0 Å². The molecule has 0 saturated carbocycles. The molecule has 2 aromatic rings. The average Bonchev–Trinajstić information content (AvgIpc) is 3.02. The number of esters is 1. The maximum absolute atomic E-state index is 12.5. The van der Waals surface area contributed by atoms with Crippen molar-refractivity contribution in [3.63, 3.8) is 0 Å². The Morgan fingerprint density at radius 2 is 1.76 bits per heavy atom. The molecule has 0 saturated heterocycles. The zero-order valence-corrected chi connectivity index (χ0v) is 18.2. The van der Waals surface area contributed by atoms with Crippen LogP contribution >= 0.6 is 11.3 Å². The van der Waals surface area contributed by atoms with Crippen molar-refractivity contribution in [1.82, 2.24) is 0 Å². The predicted molar refractivity (Wildman–Crippen MR) is 120 cm³/mol. The minimum atomic E-state index is -0.369. The molecule has 3 rings (SSSR count). The van der Waals surface area contributed by atoms with Crippen LogP contribution in [0.3, 0.4) is 0 Å². The fraction of sp³-hybridized carbons (Fsp3) is 0.417. The van der Waals surface area contributed by atoms with Gasteiger partial charge in [0.2, 0.25) is 5.91 Å². The maximum Gasteiger partial charge on any atom is 0.341 e. The zero-order chi connectivity index (χ0) is 20.8. The molecule has 1 aromatic heterocycles. The van der Waals surface area contributed by atoms with Crippen LogP contribution in [0, 0.1) is 0 Å². The second-order valence-corrected chi connectivity index (χ2v) is 8.86. The van der Waals surface area contributed by atoms with Crippen LogP contribution in [0.25, 0.3) is 6.08 Å². The van der Waals surface area contributed by atoms with E-state index in [9.17, 15) is 9.59 Å².